The standard InChI is InChI=1S/C5H7NO3/c1-5(3-7)2-4(5)6(8)9/h3-4H,2H2,1H3/t4-,5-/m1/s1. The highest BCUT2D eigenvalue weighted by atomic mass is 16.6. The molecule has 0 aromatic carbocycles. The summed E-state index contributed by atoms with van der Waals surface area (Å²) in [6.07, 6.45) is 1.07. The van der Waals surface area contributed by atoms with Crippen LogP contribution in [0.5, 0.6) is 0 Å². The molecule has 1 saturated carbocycles. The Hall–Kier alpha value is -0.930. The van der Waals surface area contributed by atoms with Gasteiger partial charge in [0.25, 0.3) is 0 Å². The first-order valence-electron chi connectivity index (χ1n) is 2.70. The van der Waals surface area contributed by atoms with Crippen LogP contribution in [-0.2, 0) is 4.79 Å². The van der Waals surface area contributed by atoms with Crippen molar-refractivity contribution < 1.29 is 9.72 Å². The van der Waals surface area contributed by atoms with Crippen molar-refractivity contribution in [3.63, 3.8) is 0 Å². The van der Waals surface area contributed by atoms with Crippen molar-refractivity contribution in [1.29, 1.82) is 0 Å². The van der Waals surface area contributed by atoms with Gasteiger partial charge in [0.2, 0.25) is 6.04 Å². The molecule has 0 heterocycles. The first-order valence-corrected chi connectivity index (χ1v) is 2.70. The number of rotatable bonds is 2. The van der Waals surface area contributed by atoms with E-state index >= 15 is 0 Å². The Morgan fingerprint density at radius 2 is 2.44 bits per heavy atom. The summed E-state index contributed by atoms with van der Waals surface area (Å²) in [5.74, 6) is 0. The van der Waals surface area contributed by atoms with Gasteiger partial charge in [-0.2, -0.15) is 0 Å². The van der Waals surface area contributed by atoms with Crippen molar-refractivity contribution in [3.8, 4) is 0 Å². The lowest BCUT2D eigenvalue weighted by molar-refractivity contribution is -0.500. The van der Waals surface area contributed by atoms with Crippen molar-refractivity contribution in [3.05, 3.63) is 10.1 Å². The maximum Gasteiger partial charge on any atom is 0.226 e. The van der Waals surface area contributed by atoms with Crippen LogP contribution in [0.2, 0.25) is 0 Å². The molecule has 0 saturated heterocycles. The number of carbonyl (C=O) groups is 1. The lowest BCUT2D eigenvalue weighted by Crippen LogP contribution is -2.11. The van der Waals surface area contributed by atoms with Gasteiger partial charge >= 0.3 is 0 Å². The third kappa shape index (κ3) is 0.800. The SMILES string of the molecule is C[C@]1(C=O)C[C@H]1[N+](=O)[O-]. The van der Waals surface area contributed by atoms with E-state index in [2.05, 4.69) is 0 Å². The molecule has 0 bridgehead atoms. The first-order chi connectivity index (χ1) is 4.10. The van der Waals surface area contributed by atoms with Crippen molar-refractivity contribution in [2.75, 3.05) is 0 Å². The maximum atomic E-state index is 10.1. The molecule has 0 unspecified atom stereocenters. The van der Waals surface area contributed by atoms with E-state index in [0.29, 0.717) is 12.7 Å². The molecule has 4 nitrogen and oxygen atoms in total. The van der Waals surface area contributed by atoms with E-state index in [4.69, 9.17) is 0 Å². The monoisotopic (exact) mass is 129 g/mol. The summed E-state index contributed by atoms with van der Waals surface area (Å²) in [4.78, 5) is 19.7. The fraction of sp³-hybridized carbons (Fsp3) is 0.800. The summed E-state index contributed by atoms with van der Waals surface area (Å²) in [5, 5.41) is 9.98. The van der Waals surface area contributed by atoms with E-state index in [9.17, 15) is 14.9 Å². The Bertz CT molecular complexity index is 168. The van der Waals surface area contributed by atoms with Crippen LogP contribution in [-0.4, -0.2) is 17.3 Å². The second-order valence-corrected chi connectivity index (χ2v) is 2.63. The number of nitro groups is 1. The van der Waals surface area contributed by atoms with Gasteiger partial charge in [0.1, 0.15) is 6.29 Å². The summed E-state index contributed by atoms with van der Waals surface area (Å²) < 4.78 is 0. The number of aldehydes is 1. The van der Waals surface area contributed by atoms with Crippen molar-refractivity contribution in [1.82, 2.24) is 0 Å². The number of carbonyl (C=O) groups excluding carboxylic acids is 1. The molecule has 0 spiro atoms. The van der Waals surface area contributed by atoms with E-state index in [1.54, 1.807) is 6.92 Å². The molecule has 2 atom stereocenters. The Morgan fingerprint density at radius 1 is 1.89 bits per heavy atom. The van der Waals surface area contributed by atoms with E-state index in [1.807, 2.05) is 0 Å². The van der Waals surface area contributed by atoms with Crippen LogP contribution in [0.1, 0.15) is 13.3 Å². The van der Waals surface area contributed by atoms with E-state index in [1.165, 1.54) is 0 Å². The summed E-state index contributed by atoms with van der Waals surface area (Å²) in [6.45, 7) is 1.60. The fourth-order valence-electron chi connectivity index (χ4n) is 0.800. The largest absolute Gasteiger partial charge is 0.302 e. The molecule has 1 aliphatic carbocycles. The first kappa shape index (κ1) is 6.19. The van der Waals surface area contributed by atoms with Gasteiger partial charge < -0.3 is 4.79 Å². The van der Waals surface area contributed by atoms with Crippen LogP contribution in [0.25, 0.3) is 0 Å². The second-order valence-electron chi connectivity index (χ2n) is 2.63. The molecule has 0 radical (unpaired) electrons. The molecule has 9 heavy (non-hydrogen) atoms. The lowest BCUT2D eigenvalue weighted by Gasteiger charge is -1.90. The summed E-state index contributed by atoms with van der Waals surface area (Å²) in [5.41, 5.74) is -0.649. The van der Waals surface area contributed by atoms with Gasteiger partial charge in [-0.15, -0.1) is 0 Å². The Balaban J connectivity index is 2.57. The zero-order chi connectivity index (χ0) is 7.07. The van der Waals surface area contributed by atoms with Gasteiger partial charge in [0.15, 0.2) is 0 Å². The molecule has 1 fully saturated rings. The van der Waals surface area contributed by atoms with Crippen LogP contribution >= 0.6 is 0 Å². The van der Waals surface area contributed by atoms with Crippen LogP contribution < -0.4 is 0 Å². The zero-order valence-corrected chi connectivity index (χ0v) is 5.03. The topological polar surface area (TPSA) is 60.2 Å². The van der Waals surface area contributed by atoms with Crippen molar-refractivity contribution in [2.45, 2.75) is 19.4 Å². The van der Waals surface area contributed by atoms with Crippen molar-refractivity contribution >= 4 is 6.29 Å². The van der Waals surface area contributed by atoms with Crippen LogP contribution in [0.15, 0.2) is 0 Å². The van der Waals surface area contributed by atoms with E-state index < -0.39 is 16.4 Å². The van der Waals surface area contributed by atoms with Gasteiger partial charge in [-0.05, 0) is 6.92 Å². The van der Waals surface area contributed by atoms with Crippen LogP contribution in [0, 0.1) is 15.5 Å². The van der Waals surface area contributed by atoms with Crippen LogP contribution in [0.3, 0.4) is 0 Å². The molecule has 1 rings (SSSR count). The second kappa shape index (κ2) is 1.52. The zero-order valence-electron chi connectivity index (χ0n) is 5.03. The average molecular weight is 129 g/mol. The minimum absolute atomic E-state index is 0.394. The normalized spacial score (nSPS) is 39.9. The minimum Gasteiger partial charge on any atom is -0.302 e. The third-order valence-electron chi connectivity index (χ3n) is 1.76. The maximum absolute atomic E-state index is 10.1. The highest BCUT2D eigenvalue weighted by molar-refractivity contribution is 5.64. The van der Waals surface area contributed by atoms with Crippen molar-refractivity contribution in [2.24, 2.45) is 5.41 Å². The number of hydrogen-bond acceptors (Lipinski definition) is 3. The molecular weight excluding hydrogens is 122 g/mol. The lowest BCUT2D eigenvalue weighted by atomic mass is 10.2. The van der Waals surface area contributed by atoms with Gasteiger partial charge in [-0.1, -0.05) is 0 Å². The molecule has 1 aliphatic rings. The highest BCUT2D eigenvalue weighted by Gasteiger charge is 2.60. The highest BCUT2D eigenvalue weighted by Crippen LogP contribution is 2.45. The summed E-state index contributed by atoms with van der Waals surface area (Å²) >= 11 is 0. The Morgan fingerprint density at radius 3 is 2.56 bits per heavy atom. The predicted octanol–water partition coefficient (Wildman–Crippen LogP) is 0.241. The molecule has 50 valence electrons. The van der Waals surface area contributed by atoms with E-state index in [-0.39, 0.29) is 0 Å². The molecule has 0 aromatic heterocycles. The number of nitrogens with zero attached hydrogens (tertiary/aromatic N) is 1. The van der Waals surface area contributed by atoms with Gasteiger partial charge in [-0.3, -0.25) is 10.1 Å². The predicted molar refractivity (Wildman–Crippen MR) is 29.6 cm³/mol. The molecule has 0 aromatic rings. The quantitative estimate of drug-likeness (QED) is 0.305. The van der Waals surface area contributed by atoms with Gasteiger partial charge in [0.05, 0.1) is 5.41 Å². The van der Waals surface area contributed by atoms with Gasteiger partial charge in [0, 0.05) is 11.3 Å². The summed E-state index contributed by atoms with van der Waals surface area (Å²) in [7, 11) is 0. The fourth-order valence-corrected chi connectivity index (χ4v) is 0.800. The van der Waals surface area contributed by atoms with Gasteiger partial charge in [-0.25, -0.2) is 0 Å². The molecule has 0 N–H and O–H groups in total. The molecule has 0 amide bonds. The molecule has 4 heteroatoms. The summed E-state index contributed by atoms with van der Waals surface area (Å²) in [6, 6.07) is -0.616. The molecule has 0 aliphatic heterocycles. The third-order valence-corrected chi connectivity index (χ3v) is 1.76. The smallest absolute Gasteiger partial charge is 0.226 e. The molecular formula is C5H7NO3. The number of hydrogen-bond donors (Lipinski definition) is 0. The average Bonchev–Trinajstić information content (AvgIpc) is 2.44. The van der Waals surface area contributed by atoms with E-state index in [0.717, 1.165) is 0 Å². The minimum atomic E-state index is -0.649. The Kier molecular flexibility index (Phi) is 1.05. The van der Waals surface area contributed by atoms with Crippen LogP contribution in [0.4, 0.5) is 0 Å². The Labute approximate surface area is 52.0 Å².